The maximum atomic E-state index is 5.73. The minimum absolute atomic E-state index is 0.889. The molecule has 0 N–H and O–H groups in total. The molecule has 0 aromatic heterocycles. The summed E-state index contributed by atoms with van der Waals surface area (Å²) in [6, 6.07) is 7.31. The quantitative estimate of drug-likeness (QED) is 0.452. The first-order valence-corrected chi connectivity index (χ1v) is 17.0. The van der Waals surface area contributed by atoms with Gasteiger partial charge < -0.3 is 0 Å². The number of ether oxygens (including phenoxy) is 1. The fraction of sp³-hybridized carbons (Fsp3) is 0.700. The number of hydrogen-bond acceptors (Lipinski definition) is 1. The molecule has 0 radical (unpaired) electrons. The van der Waals surface area contributed by atoms with Gasteiger partial charge in [0.2, 0.25) is 0 Å². The third-order valence-electron chi connectivity index (χ3n) is 5.33. The summed E-state index contributed by atoms with van der Waals surface area (Å²) in [5, 5.41) is 0. The number of rotatable bonds is 10. The Hall–Kier alpha value is -0.181. The van der Waals surface area contributed by atoms with E-state index >= 15 is 0 Å². The number of fused-ring (bicyclic) bond motifs is 1. The van der Waals surface area contributed by atoms with Crippen molar-refractivity contribution < 1.29 is 4.74 Å². The molecular weight excluding hydrogens is 375 g/mol. The molecule has 0 spiro atoms. The van der Waals surface area contributed by atoms with Crippen molar-refractivity contribution >= 4 is 22.0 Å². The van der Waals surface area contributed by atoms with Crippen molar-refractivity contribution in [1.29, 1.82) is 0 Å². The molecule has 0 fully saturated rings. The molecule has 22 heavy (non-hydrogen) atoms. The summed E-state index contributed by atoms with van der Waals surface area (Å²) < 4.78 is 12.2. The number of hydrogen-bond donors (Lipinski definition) is 0. The Balaban J connectivity index is 2.30. The summed E-state index contributed by atoms with van der Waals surface area (Å²) in [7, 11) is 0. The van der Waals surface area contributed by atoms with Gasteiger partial charge in [-0.1, -0.05) is 0 Å². The fourth-order valence-corrected chi connectivity index (χ4v) is 19.9. The van der Waals surface area contributed by atoms with Crippen LogP contribution in [0.5, 0.6) is 5.75 Å². The van der Waals surface area contributed by atoms with E-state index in [0.29, 0.717) is 0 Å². The zero-order chi connectivity index (χ0) is 15.8. The summed E-state index contributed by atoms with van der Waals surface area (Å²) in [5.74, 6) is 1.16. The summed E-state index contributed by atoms with van der Waals surface area (Å²) in [5.41, 5.74) is 1.49. The average Bonchev–Trinajstić information content (AvgIpc) is 3.02. The Morgan fingerprint density at radius 2 is 1.50 bits per heavy atom. The van der Waals surface area contributed by atoms with Crippen LogP contribution in [0.25, 0.3) is 0 Å². The third kappa shape index (κ3) is 4.43. The van der Waals surface area contributed by atoms with E-state index in [9.17, 15) is 0 Å². The van der Waals surface area contributed by atoms with Crippen LogP contribution in [0.1, 0.15) is 64.9 Å². The minimum atomic E-state index is -2.22. The molecule has 0 aliphatic carbocycles. The molecule has 124 valence electrons. The first-order chi connectivity index (χ1) is 10.8. The molecule has 0 unspecified atom stereocenters. The zero-order valence-electron chi connectivity index (χ0n) is 14.9. The number of unbranched alkanes of at least 4 members (excludes halogenated alkanes) is 3. The van der Waals surface area contributed by atoms with Crippen LogP contribution >= 0.6 is 0 Å². The zero-order valence-corrected chi connectivity index (χ0v) is 17.8. The molecule has 1 aliphatic heterocycles. The average molecular weight is 409 g/mol. The normalized spacial score (nSPS) is 14.0. The van der Waals surface area contributed by atoms with E-state index in [0.717, 1.165) is 18.8 Å². The van der Waals surface area contributed by atoms with Gasteiger partial charge in [0, 0.05) is 0 Å². The molecule has 0 atom stereocenters. The van der Waals surface area contributed by atoms with E-state index in [1.165, 1.54) is 44.1 Å². The molecule has 0 amide bonds. The van der Waals surface area contributed by atoms with Gasteiger partial charge in [-0.3, -0.25) is 0 Å². The van der Waals surface area contributed by atoms with Crippen molar-refractivity contribution in [3.8, 4) is 5.75 Å². The Morgan fingerprint density at radius 3 is 2.05 bits per heavy atom. The van der Waals surface area contributed by atoms with Crippen molar-refractivity contribution in [3.63, 3.8) is 0 Å². The van der Waals surface area contributed by atoms with E-state index in [4.69, 9.17) is 4.74 Å². The molecule has 1 aliphatic rings. The van der Waals surface area contributed by atoms with Gasteiger partial charge in [0.25, 0.3) is 0 Å². The third-order valence-corrected chi connectivity index (χ3v) is 20.9. The van der Waals surface area contributed by atoms with E-state index in [1.807, 2.05) is 0 Å². The SMILES string of the molecule is CCC[CH2][Sn]([CH2]CCC)([CH2]CCC)[c]1ccc2c(c1)CCO2. The van der Waals surface area contributed by atoms with Crippen LogP contribution in [0.4, 0.5) is 0 Å². The predicted molar refractivity (Wildman–Crippen MR) is 100 cm³/mol. The summed E-state index contributed by atoms with van der Waals surface area (Å²) in [4.78, 5) is 0. The van der Waals surface area contributed by atoms with Gasteiger partial charge >= 0.3 is 142 Å². The molecular formula is C20H34OSn. The second-order valence-electron chi connectivity index (χ2n) is 7.01. The molecule has 0 bridgehead atoms. The van der Waals surface area contributed by atoms with Crippen LogP contribution in [-0.2, 0) is 6.42 Å². The van der Waals surface area contributed by atoms with Gasteiger partial charge in [0.15, 0.2) is 0 Å². The van der Waals surface area contributed by atoms with Crippen molar-refractivity contribution in [2.75, 3.05) is 6.61 Å². The van der Waals surface area contributed by atoms with Gasteiger partial charge in [0.05, 0.1) is 0 Å². The van der Waals surface area contributed by atoms with E-state index in [2.05, 4.69) is 39.0 Å². The summed E-state index contributed by atoms with van der Waals surface area (Å²) >= 11 is -2.22. The second kappa shape index (κ2) is 9.20. The van der Waals surface area contributed by atoms with Crippen molar-refractivity contribution in [2.24, 2.45) is 0 Å². The van der Waals surface area contributed by atoms with E-state index in [1.54, 1.807) is 16.9 Å². The van der Waals surface area contributed by atoms with Crippen LogP contribution in [0.15, 0.2) is 18.2 Å². The molecule has 0 saturated carbocycles. The first kappa shape index (κ1) is 18.2. The standard InChI is InChI=1S/C8H7O.3C4H9.Sn/c1-2-4-8-7(3-1)5-6-9-8;3*1-3-4-2;/h2-4H,5-6H2;3*1,3-4H2,2H3;. The Morgan fingerprint density at radius 1 is 0.909 bits per heavy atom. The van der Waals surface area contributed by atoms with E-state index < -0.39 is 18.4 Å². The van der Waals surface area contributed by atoms with Crippen molar-refractivity contribution in [1.82, 2.24) is 0 Å². The Labute approximate surface area is 141 Å². The van der Waals surface area contributed by atoms with Gasteiger partial charge in [-0.15, -0.1) is 0 Å². The van der Waals surface area contributed by atoms with Crippen LogP contribution in [0.2, 0.25) is 13.3 Å². The predicted octanol–water partition coefficient (Wildman–Crippen LogP) is 5.68. The van der Waals surface area contributed by atoms with Crippen LogP contribution in [0.3, 0.4) is 0 Å². The summed E-state index contributed by atoms with van der Waals surface area (Å²) in [6.45, 7) is 7.95. The monoisotopic (exact) mass is 410 g/mol. The molecule has 1 nitrogen and oxygen atoms in total. The molecule has 0 saturated heterocycles. The Kier molecular flexibility index (Phi) is 7.59. The van der Waals surface area contributed by atoms with Gasteiger partial charge in [-0.05, 0) is 0 Å². The first-order valence-electron chi connectivity index (χ1n) is 9.52. The van der Waals surface area contributed by atoms with Crippen molar-refractivity contribution in [2.45, 2.75) is 79.0 Å². The molecule has 1 heterocycles. The fourth-order valence-electron chi connectivity index (χ4n) is 3.87. The Bertz CT molecular complexity index is 433. The van der Waals surface area contributed by atoms with Crippen LogP contribution in [-0.4, -0.2) is 25.0 Å². The van der Waals surface area contributed by atoms with Gasteiger partial charge in [-0.25, -0.2) is 0 Å². The molecule has 1 aromatic rings. The topological polar surface area (TPSA) is 9.23 Å². The molecule has 2 heteroatoms. The van der Waals surface area contributed by atoms with Crippen molar-refractivity contribution in [3.05, 3.63) is 23.8 Å². The van der Waals surface area contributed by atoms with Crippen LogP contribution < -0.4 is 8.32 Å². The maximum absolute atomic E-state index is 5.73. The van der Waals surface area contributed by atoms with Gasteiger partial charge in [0.1, 0.15) is 0 Å². The van der Waals surface area contributed by atoms with Crippen LogP contribution in [0, 0.1) is 0 Å². The number of benzene rings is 1. The second-order valence-corrected chi connectivity index (χ2v) is 20.2. The molecule has 1 aromatic carbocycles. The molecule has 2 rings (SSSR count). The summed E-state index contributed by atoms with van der Waals surface area (Å²) in [6.07, 6.45) is 9.51. The van der Waals surface area contributed by atoms with E-state index in [-0.39, 0.29) is 0 Å². The van der Waals surface area contributed by atoms with Gasteiger partial charge in [-0.2, -0.15) is 0 Å².